The molecule has 0 amide bonds. The molecule has 42 valence electrons. The van der Waals surface area contributed by atoms with Crippen molar-refractivity contribution in [1.82, 2.24) is 0 Å². The molecule has 0 saturated carbocycles. The molecule has 0 aliphatic rings. The predicted octanol–water partition coefficient (Wildman–Crippen LogP) is 0.731. The van der Waals surface area contributed by atoms with Crippen LogP contribution in [0, 0.1) is 0 Å². The minimum absolute atomic E-state index is 0.774. The molecule has 0 radical (unpaired) electrons. The molecular weight excluding hydrogens is 155 g/mol. The Balaban J connectivity index is 3.00. The van der Waals surface area contributed by atoms with Crippen LogP contribution >= 0.6 is 0 Å². The SMILES string of the molecule is CCOC(=[Se])CC. The van der Waals surface area contributed by atoms with Crippen molar-refractivity contribution in [2.75, 3.05) is 6.61 Å². The van der Waals surface area contributed by atoms with Gasteiger partial charge < -0.3 is 0 Å². The summed E-state index contributed by atoms with van der Waals surface area (Å²) in [6, 6.07) is 0. The second-order valence-electron chi connectivity index (χ2n) is 1.16. The Kier molecular flexibility index (Phi) is 4.47. The van der Waals surface area contributed by atoms with Gasteiger partial charge in [-0.3, -0.25) is 0 Å². The molecule has 0 aliphatic carbocycles. The van der Waals surface area contributed by atoms with Gasteiger partial charge in [0, 0.05) is 0 Å². The van der Waals surface area contributed by atoms with Crippen molar-refractivity contribution in [1.29, 1.82) is 0 Å². The van der Waals surface area contributed by atoms with Crippen LogP contribution in [0.1, 0.15) is 20.3 Å². The summed E-state index contributed by atoms with van der Waals surface area (Å²) in [4.78, 5) is 0. The van der Waals surface area contributed by atoms with Crippen molar-refractivity contribution in [3.8, 4) is 0 Å². The van der Waals surface area contributed by atoms with Gasteiger partial charge in [-0.2, -0.15) is 0 Å². The molecule has 1 nitrogen and oxygen atoms in total. The Morgan fingerprint density at radius 3 is 2.29 bits per heavy atom. The third-order valence-corrected chi connectivity index (χ3v) is 1.45. The van der Waals surface area contributed by atoms with Crippen LogP contribution in [-0.2, 0) is 4.74 Å². The van der Waals surface area contributed by atoms with E-state index in [0.717, 1.165) is 17.6 Å². The molecule has 7 heavy (non-hydrogen) atoms. The van der Waals surface area contributed by atoms with Gasteiger partial charge in [-0.15, -0.1) is 0 Å². The predicted molar refractivity (Wildman–Crippen MR) is 32.7 cm³/mol. The molecule has 2 heteroatoms. The van der Waals surface area contributed by atoms with Crippen LogP contribution in [-0.4, -0.2) is 26.8 Å². The first-order chi connectivity index (χ1) is 3.31. The van der Waals surface area contributed by atoms with E-state index in [0.29, 0.717) is 0 Å². The average Bonchev–Trinajstić information content (AvgIpc) is 1.68. The van der Waals surface area contributed by atoms with E-state index in [1.165, 1.54) is 0 Å². The van der Waals surface area contributed by atoms with Crippen LogP contribution in [0.25, 0.3) is 0 Å². The van der Waals surface area contributed by atoms with Crippen LogP contribution in [0.4, 0.5) is 0 Å². The first-order valence-corrected chi connectivity index (χ1v) is 3.32. The topological polar surface area (TPSA) is 9.23 Å². The van der Waals surface area contributed by atoms with Gasteiger partial charge in [0.25, 0.3) is 0 Å². The van der Waals surface area contributed by atoms with Crippen LogP contribution in [0.3, 0.4) is 0 Å². The van der Waals surface area contributed by atoms with Crippen LogP contribution in [0.15, 0.2) is 0 Å². The zero-order valence-electron chi connectivity index (χ0n) is 4.73. The van der Waals surface area contributed by atoms with Crippen LogP contribution in [0.2, 0.25) is 0 Å². The first kappa shape index (κ1) is 7.19. The Morgan fingerprint density at radius 1 is 1.57 bits per heavy atom. The molecule has 0 heterocycles. The van der Waals surface area contributed by atoms with Gasteiger partial charge in [0.1, 0.15) is 0 Å². The molecule has 0 unspecified atom stereocenters. The monoisotopic (exact) mass is 166 g/mol. The summed E-state index contributed by atoms with van der Waals surface area (Å²) in [7, 11) is 0. The van der Waals surface area contributed by atoms with E-state index < -0.39 is 0 Å². The molecular formula is C5H10OSe. The Bertz CT molecular complexity index is 61.1. The normalized spacial score (nSPS) is 8.29. The zero-order chi connectivity index (χ0) is 5.70. The molecule has 0 rings (SSSR count). The Morgan fingerprint density at radius 2 is 2.14 bits per heavy atom. The molecule has 0 aromatic carbocycles. The Labute approximate surface area is 52.4 Å². The van der Waals surface area contributed by atoms with Gasteiger partial charge in [-0.05, 0) is 0 Å². The Hall–Kier alpha value is 0.189. The summed E-state index contributed by atoms with van der Waals surface area (Å²) in [5.74, 6) is 0. The summed E-state index contributed by atoms with van der Waals surface area (Å²) in [6.45, 7) is 4.81. The molecule has 0 saturated heterocycles. The summed E-state index contributed by atoms with van der Waals surface area (Å²) in [5, 5.41) is 0. The van der Waals surface area contributed by atoms with Crippen molar-refractivity contribution < 1.29 is 4.74 Å². The molecule has 0 N–H and O–H groups in total. The molecule has 0 spiro atoms. The number of rotatable bonds is 3. The molecule has 0 atom stereocenters. The quantitative estimate of drug-likeness (QED) is 0.560. The van der Waals surface area contributed by atoms with Crippen molar-refractivity contribution in [2.24, 2.45) is 0 Å². The molecule has 0 aromatic rings. The van der Waals surface area contributed by atoms with Gasteiger partial charge in [-0.25, -0.2) is 0 Å². The molecule has 0 fully saturated rings. The molecule has 0 aliphatic heterocycles. The summed E-state index contributed by atoms with van der Waals surface area (Å²) in [6.07, 6.45) is 0.980. The second-order valence-corrected chi connectivity index (χ2v) is 2.11. The fourth-order valence-corrected chi connectivity index (χ4v) is 0.510. The van der Waals surface area contributed by atoms with Gasteiger partial charge >= 0.3 is 51.8 Å². The maximum atomic E-state index is 5.05. The third-order valence-electron chi connectivity index (χ3n) is 0.594. The van der Waals surface area contributed by atoms with Crippen molar-refractivity contribution >= 4 is 20.2 Å². The van der Waals surface area contributed by atoms with E-state index in [9.17, 15) is 0 Å². The fourth-order valence-electron chi connectivity index (χ4n) is 0.263. The standard InChI is InChI=1S/C5H10OSe/c1-3-5(7)6-4-2/h3-4H2,1-2H3. The van der Waals surface area contributed by atoms with E-state index in [-0.39, 0.29) is 0 Å². The third kappa shape index (κ3) is 4.03. The van der Waals surface area contributed by atoms with Crippen molar-refractivity contribution in [3.05, 3.63) is 0 Å². The maximum absolute atomic E-state index is 5.05. The first-order valence-electron chi connectivity index (χ1n) is 2.46. The van der Waals surface area contributed by atoms with Gasteiger partial charge in [0.15, 0.2) is 0 Å². The van der Waals surface area contributed by atoms with E-state index in [2.05, 4.69) is 22.5 Å². The summed E-state index contributed by atoms with van der Waals surface area (Å²) >= 11 is 2.82. The van der Waals surface area contributed by atoms with Crippen LogP contribution < -0.4 is 0 Å². The van der Waals surface area contributed by atoms with Gasteiger partial charge in [-0.1, -0.05) is 0 Å². The van der Waals surface area contributed by atoms with E-state index in [1.807, 2.05) is 6.92 Å². The molecule has 0 bridgehead atoms. The average molecular weight is 165 g/mol. The van der Waals surface area contributed by atoms with Crippen molar-refractivity contribution in [2.45, 2.75) is 20.3 Å². The number of hydrogen-bond acceptors (Lipinski definition) is 1. The van der Waals surface area contributed by atoms with Gasteiger partial charge in [0.05, 0.1) is 0 Å². The number of ether oxygens (including phenoxy) is 1. The zero-order valence-corrected chi connectivity index (χ0v) is 6.44. The number of hydrogen-bond donors (Lipinski definition) is 0. The van der Waals surface area contributed by atoms with E-state index in [1.54, 1.807) is 0 Å². The van der Waals surface area contributed by atoms with Crippen LogP contribution in [0.5, 0.6) is 0 Å². The summed E-state index contributed by atoms with van der Waals surface area (Å²) in [5.41, 5.74) is 0. The van der Waals surface area contributed by atoms with Gasteiger partial charge in [0.2, 0.25) is 0 Å². The van der Waals surface area contributed by atoms with E-state index >= 15 is 0 Å². The summed E-state index contributed by atoms with van der Waals surface area (Å²) < 4.78 is 6.05. The fraction of sp³-hybridized carbons (Fsp3) is 0.800. The minimum atomic E-state index is 0.774. The second kappa shape index (κ2) is 4.35. The molecule has 0 aromatic heterocycles. The van der Waals surface area contributed by atoms with E-state index in [4.69, 9.17) is 4.74 Å². The van der Waals surface area contributed by atoms with Crippen molar-refractivity contribution in [3.63, 3.8) is 0 Å².